The summed E-state index contributed by atoms with van der Waals surface area (Å²) in [7, 11) is 0. The van der Waals surface area contributed by atoms with E-state index in [-0.39, 0.29) is 24.4 Å². The van der Waals surface area contributed by atoms with E-state index in [4.69, 9.17) is 16.3 Å². The Hall–Kier alpha value is -3.30. The highest BCUT2D eigenvalue weighted by molar-refractivity contribution is 6.33. The van der Waals surface area contributed by atoms with Gasteiger partial charge in [-0.2, -0.15) is 15.1 Å². The Morgan fingerprint density at radius 1 is 1.20 bits per heavy atom. The Bertz CT molecular complexity index is 1220. The maximum absolute atomic E-state index is 14.0. The monoisotopic (exact) mass is 431 g/mol. The van der Waals surface area contributed by atoms with E-state index in [0.29, 0.717) is 39.2 Å². The predicted octanol–water partition coefficient (Wildman–Crippen LogP) is 4.54. The smallest absolute Gasteiger partial charge is 0.326 e. The fourth-order valence-corrected chi connectivity index (χ4v) is 3.07. The maximum Gasteiger partial charge on any atom is 0.326 e. The van der Waals surface area contributed by atoms with E-state index in [1.165, 1.54) is 0 Å². The van der Waals surface area contributed by atoms with E-state index in [2.05, 4.69) is 25.5 Å². The van der Waals surface area contributed by atoms with Gasteiger partial charge in [0, 0.05) is 17.7 Å². The number of H-pyrrole nitrogens is 1. The number of aliphatic hydroxyl groups excluding tert-OH is 1. The van der Waals surface area contributed by atoms with Gasteiger partial charge in [0.25, 0.3) is 0 Å². The lowest BCUT2D eigenvalue weighted by Crippen LogP contribution is -2.20. The Morgan fingerprint density at radius 2 is 2.00 bits per heavy atom. The first-order chi connectivity index (χ1) is 14.5. The first-order valence-corrected chi connectivity index (χ1v) is 9.35. The lowest BCUT2D eigenvalue weighted by Gasteiger charge is -2.14. The molecule has 0 saturated heterocycles. The third-order valence-electron chi connectivity index (χ3n) is 4.28. The van der Waals surface area contributed by atoms with Crippen LogP contribution in [0, 0.1) is 11.6 Å². The average molecular weight is 432 g/mol. The van der Waals surface area contributed by atoms with Gasteiger partial charge in [0.15, 0.2) is 17.2 Å². The van der Waals surface area contributed by atoms with Crippen molar-refractivity contribution in [3.05, 3.63) is 59.1 Å². The van der Waals surface area contributed by atoms with Crippen LogP contribution in [0.1, 0.15) is 6.92 Å². The minimum absolute atomic E-state index is 0.159. The van der Waals surface area contributed by atoms with Crippen molar-refractivity contribution in [3.63, 3.8) is 0 Å². The van der Waals surface area contributed by atoms with Crippen molar-refractivity contribution in [2.24, 2.45) is 0 Å². The Morgan fingerprint density at radius 3 is 2.73 bits per heavy atom. The number of nitrogens with one attached hydrogen (secondary N) is 2. The Balaban J connectivity index is 1.84. The van der Waals surface area contributed by atoms with Crippen molar-refractivity contribution in [3.8, 4) is 23.0 Å². The second-order valence-electron chi connectivity index (χ2n) is 6.54. The molecule has 0 aliphatic rings. The van der Waals surface area contributed by atoms with Crippen molar-refractivity contribution < 1.29 is 18.6 Å². The van der Waals surface area contributed by atoms with Crippen molar-refractivity contribution >= 4 is 28.5 Å². The Labute approximate surface area is 174 Å². The third-order valence-corrected chi connectivity index (χ3v) is 4.61. The van der Waals surface area contributed by atoms with E-state index in [0.717, 1.165) is 12.1 Å². The molecule has 1 unspecified atom stereocenters. The molecular formula is C20H16ClF2N5O2. The topological polar surface area (TPSA) is 96.0 Å². The molecule has 154 valence electrons. The summed E-state index contributed by atoms with van der Waals surface area (Å²) >= 11 is 6.32. The van der Waals surface area contributed by atoms with Crippen molar-refractivity contribution in [2.45, 2.75) is 13.0 Å². The van der Waals surface area contributed by atoms with Crippen LogP contribution in [0.3, 0.4) is 0 Å². The fraction of sp³-hybridized carbons (Fsp3) is 0.150. The third kappa shape index (κ3) is 3.89. The standard InChI is InChI=1S/C20H16ClF2N5O2/c1-10(9-29)24-18-16-17(12-4-2-3-5-13(12)21)27-28-19(16)26-20(25-18)30-15-7-6-11(22)8-14(15)23/h2-8,10,29H,9H2,1H3,(H2,24,25,26,27,28). The first-order valence-electron chi connectivity index (χ1n) is 8.97. The highest BCUT2D eigenvalue weighted by atomic mass is 35.5. The summed E-state index contributed by atoms with van der Waals surface area (Å²) in [5, 5.41) is 20.6. The zero-order valence-electron chi connectivity index (χ0n) is 15.7. The SMILES string of the molecule is CC(CO)Nc1nc(Oc2ccc(F)cc2F)nc2[nH]nc(-c3ccccc3Cl)c12. The van der Waals surface area contributed by atoms with Gasteiger partial charge in [0.05, 0.1) is 17.0 Å². The maximum atomic E-state index is 14.0. The van der Waals surface area contributed by atoms with Crippen LogP contribution in [0.15, 0.2) is 42.5 Å². The molecule has 4 rings (SSSR count). The second-order valence-corrected chi connectivity index (χ2v) is 6.94. The zero-order chi connectivity index (χ0) is 21.3. The number of anilines is 1. The van der Waals surface area contributed by atoms with Crippen LogP contribution in [-0.2, 0) is 0 Å². The zero-order valence-corrected chi connectivity index (χ0v) is 16.4. The molecular weight excluding hydrogens is 416 g/mol. The van der Waals surface area contributed by atoms with Crippen molar-refractivity contribution in [1.82, 2.24) is 20.2 Å². The molecule has 3 N–H and O–H groups in total. The molecule has 0 spiro atoms. The van der Waals surface area contributed by atoms with Gasteiger partial charge in [-0.25, -0.2) is 8.78 Å². The van der Waals surface area contributed by atoms with Gasteiger partial charge >= 0.3 is 6.01 Å². The van der Waals surface area contributed by atoms with Crippen LogP contribution in [0.25, 0.3) is 22.3 Å². The molecule has 2 aromatic carbocycles. The van der Waals surface area contributed by atoms with Crippen LogP contribution in [-0.4, -0.2) is 37.9 Å². The summed E-state index contributed by atoms with van der Waals surface area (Å²) in [6.07, 6.45) is 0. The van der Waals surface area contributed by atoms with E-state index in [9.17, 15) is 13.9 Å². The van der Waals surface area contributed by atoms with Crippen molar-refractivity contribution in [1.29, 1.82) is 0 Å². The molecule has 4 aromatic rings. The number of aliphatic hydroxyl groups is 1. The van der Waals surface area contributed by atoms with Gasteiger partial charge in [-0.3, -0.25) is 5.10 Å². The van der Waals surface area contributed by atoms with Crippen LogP contribution in [0.4, 0.5) is 14.6 Å². The minimum atomic E-state index is -0.890. The van der Waals surface area contributed by atoms with E-state index in [1.807, 2.05) is 6.07 Å². The molecule has 30 heavy (non-hydrogen) atoms. The molecule has 0 fully saturated rings. The molecule has 2 aromatic heterocycles. The largest absolute Gasteiger partial charge is 0.421 e. The number of nitrogens with zero attached hydrogens (tertiary/aromatic N) is 3. The summed E-state index contributed by atoms with van der Waals surface area (Å²) in [5.74, 6) is -1.54. The highest BCUT2D eigenvalue weighted by Gasteiger charge is 2.20. The van der Waals surface area contributed by atoms with Crippen LogP contribution >= 0.6 is 11.6 Å². The predicted molar refractivity (Wildman–Crippen MR) is 109 cm³/mol. The molecule has 0 bridgehead atoms. The van der Waals surface area contributed by atoms with E-state index in [1.54, 1.807) is 25.1 Å². The molecule has 0 amide bonds. The quantitative estimate of drug-likeness (QED) is 0.415. The molecule has 0 radical (unpaired) electrons. The number of rotatable bonds is 6. The van der Waals surface area contributed by atoms with Gasteiger partial charge in [0.1, 0.15) is 17.3 Å². The van der Waals surface area contributed by atoms with Crippen LogP contribution in [0.2, 0.25) is 5.02 Å². The fourth-order valence-electron chi connectivity index (χ4n) is 2.84. The van der Waals surface area contributed by atoms with Crippen LogP contribution < -0.4 is 10.1 Å². The number of hydrogen-bond donors (Lipinski definition) is 3. The highest BCUT2D eigenvalue weighted by Crippen LogP contribution is 2.36. The first kappa shape index (κ1) is 20.0. The molecule has 2 heterocycles. The molecule has 0 aliphatic carbocycles. The average Bonchev–Trinajstić information content (AvgIpc) is 3.14. The number of fused-ring (bicyclic) bond motifs is 1. The van der Waals surface area contributed by atoms with Gasteiger partial charge < -0.3 is 15.2 Å². The van der Waals surface area contributed by atoms with Crippen molar-refractivity contribution in [2.75, 3.05) is 11.9 Å². The Kier molecular flexibility index (Phi) is 5.47. The van der Waals surface area contributed by atoms with Gasteiger partial charge in [-0.05, 0) is 25.1 Å². The lowest BCUT2D eigenvalue weighted by molar-refractivity contribution is 0.281. The number of aromatic nitrogens is 4. The molecule has 0 saturated carbocycles. The number of aromatic amines is 1. The summed E-state index contributed by atoms with van der Waals surface area (Å²) in [6.45, 7) is 1.59. The number of hydrogen-bond acceptors (Lipinski definition) is 6. The molecule has 7 nitrogen and oxygen atoms in total. The number of ether oxygens (including phenoxy) is 1. The number of halogens is 3. The van der Waals surface area contributed by atoms with Crippen LogP contribution in [0.5, 0.6) is 11.8 Å². The molecule has 10 heteroatoms. The molecule has 0 aliphatic heterocycles. The normalized spacial score (nSPS) is 12.2. The minimum Gasteiger partial charge on any atom is -0.421 e. The van der Waals surface area contributed by atoms with E-state index >= 15 is 0 Å². The lowest BCUT2D eigenvalue weighted by atomic mass is 10.1. The second kappa shape index (κ2) is 8.21. The van der Waals surface area contributed by atoms with E-state index < -0.39 is 11.6 Å². The van der Waals surface area contributed by atoms with Gasteiger partial charge in [0.2, 0.25) is 0 Å². The van der Waals surface area contributed by atoms with Gasteiger partial charge in [-0.15, -0.1) is 0 Å². The summed E-state index contributed by atoms with van der Waals surface area (Å²) in [6, 6.07) is 9.52. The summed E-state index contributed by atoms with van der Waals surface area (Å²) in [4.78, 5) is 8.56. The summed E-state index contributed by atoms with van der Waals surface area (Å²) in [5.41, 5.74) is 1.47. The number of benzene rings is 2. The summed E-state index contributed by atoms with van der Waals surface area (Å²) < 4.78 is 32.6. The van der Waals surface area contributed by atoms with Gasteiger partial charge in [-0.1, -0.05) is 29.8 Å². The molecule has 1 atom stereocenters.